The number of thiophene rings is 1. The van der Waals surface area contributed by atoms with Gasteiger partial charge in [0.25, 0.3) is 18.2 Å². The van der Waals surface area contributed by atoms with E-state index in [-0.39, 0.29) is 27.8 Å². The van der Waals surface area contributed by atoms with E-state index in [2.05, 4.69) is 15.4 Å². The minimum absolute atomic E-state index is 0.0179. The average molecular weight is 582 g/mol. The van der Waals surface area contributed by atoms with Gasteiger partial charge in [0, 0.05) is 16.6 Å². The normalized spacial score (nSPS) is 11.2. The van der Waals surface area contributed by atoms with Crippen LogP contribution in [-0.4, -0.2) is 26.6 Å². The van der Waals surface area contributed by atoms with Gasteiger partial charge in [-0.25, -0.2) is 18.4 Å². The summed E-state index contributed by atoms with van der Waals surface area (Å²) in [4.78, 5) is 29.7. The fourth-order valence-electron chi connectivity index (χ4n) is 4.23. The molecule has 2 amide bonds. The number of carbonyl (C=O) groups excluding carboxylic acids is 2. The first-order valence-corrected chi connectivity index (χ1v) is 13.2. The zero-order valence-corrected chi connectivity index (χ0v) is 22.8. The quantitative estimate of drug-likeness (QED) is 0.210. The number of primary amides is 1. The molecule has 3 heterocycles. The highest BCUT2D eigenvalue weighted by Gasteiger charge is 2.25. The summed E-state index contributed by atoms with van der Waals surface area (Å²) in [7, 11) is 0. The number of fused-ring (bicyclic) bond motifs is 1. The van der Waals surface area contributed by atoms with Crippen LogP contribution in [-0.2, 0) is 6.73 Å². The van der Waals surface area contributed by atoms with Crippen LogP contribution in [0.25, 0.3) is 21.3 Å². The van der Waals surface area contributed by atoms with Crippen molar-refractivity contribution >= 4 is 50.7 Å². The molecule has 0 bridgehead atoms. The monoisotopic (exact) mass is 581 g/mol. The highest BCUT2D eigenvalue weighted by molar-refractivity contribution is 7.21. The lowest BCUT2D eigenvalue weighted by molar-refractivity contribution is 0.100. The van der Waals surface area contributed by atoms with Crippen molar-refractivity contribution in [3.63, 3.8) is 0 Å². The summed E-state index contributed by atoms with van der Waals surface area (Å²) in [5, 5.41) is 7.97. The third-order valence-corrected chi connectivity index (χ3v) is 7.79. The second-order valence-electron chi connectivity index (χ2n) is 8.95. The van der Waals surface area contributed by atoms with Gasteiger partial charge in [0.15, 0.2) is 12.4 Å². The van der Waals surface area contributed by atoms with Gasteiger partial charge in [-0.2, -0.15) is 5.10 Å². The molecule has 0 aliphatic heterocycles. The smallest absolute Gasteiger partial charge is 0.280 e. The van der Waals surface area contributed by atoms with Gasteiger partial charge in [-0.15, -0.1) is 11.3 Å². The van der Waals surface area contributed by atoms with Crippen molar-refractivity contribution in [2.45, 2.75) is 27.0 Å². The van der Waals surface area contributed by atoms with E-state index >= 15 is 0 Å². The van der Waals surface area contributed by atoms with Crippen molar-refractivity contribution in [2.24, 2.45) is 5.73 Å². The number of aromatic nitrogens is 3. The molecular formula is C28H22ClF2N5O3S. The summed E-state index contributed by atoms with van der Waals surface area (Å²) in [6.07, 6.45) is -1.27. The Kier molecular flexibility index (Phi) is 7.51. The number of alkyl halides is 2. The summed E-state index contributed by atoms with van der Waals surface area (Å²) in [5.74, 6) is -0.861. The topological polar surface area (TPSA) is 112 Å². The largest absolute Gasteiger partial charge is 0.471 e. The van der Waals surface area contributed by atoms with Crippen LogP contribution in [0.1, 0.15) is 43.4 Å². The molecule has 12 heteroatoms. The summed E-state index contributed by atoms with van der Waals surface area (Å²) in [6.45, 7) is 3.78. The van der Waals surface area contributed by atoms with Gasteiger partial charge in [-0.05, 0) is 60.4 Å². The van der Waals surface area contributed by atoms with E-state index in [0.29, 0.717) is 27.3 Å². The molecule has 0 radical (unpaired) electrons. The van der Waals surface area contributed by atoms with E-state index in [1.54, 1.807) is 48.7 Å². The Hall–Kier alpha value is -4.35. The van der Waals surface area contributed by atoms with Crippen LogP contribution in [0.4, 0.5) is 14.5 Å². The fraction of sp³-hybridized carbons (Fsp3) is 0.143. The van der Waals surface area contributed by atoms with Crippen molar-refractivity contribution < 1.29 is 23.1 Å². The van der Waals surface area contributed by atoms with Gasteiger partial charge < -0.3 is 15.8 Å². The van der Waals surface area contributed by atoms with E-state index in [1.807, 2.05) is 13.8 Å². The predicted molar refractivity (Wildman–Crippen MR) is 150 cm³/mol. The van der Waals surface area contributed by atoms with Crippen molar-refractivity contribution in [1.29, 1.82) is 0 Å². The third kappa shape index (κ3) is 5.38. The van der Waals surface area contributed by atoms with Crippen LogP contribution in [0.15, 0.2) is 60.8 Å². The summed E-state index contributed by atoms with van der Waals surface area (Å²) < 4.78 is 34.6. The highest BCUT2D eigenvalue weighted by atomic mass is 35.5. The number of hydrogen-bond donors (Lipinski definition) is 2. The van der Waals surface area contributed by atoms with Crippen LogP contribution >= 0.6 is 22.9 Å². The summed E-state index contributed by atoms with van der Waals surface area (Å²) in [5.41, 5.74) is 8.01. The molecule has 5 aromatic rings. The minimum atomic E-state index is -2.84. The van der Waals surface area contributed by atoms with E-state index in [1.165, 1.54) is 16.8 Å². The number of anilines is 1. The number of pyridine rings is 1. The number of nitrogens with one attached hydrogen (secondary N) is 1. The molecule has 40 heavy (non-hydrogen) atoms. The first kappa shape index (κ1) is 27.2. The second-order valence-corrected chi connectivity index (χ2v) is 10.3. The van der Waals surface area contributed by atoms with Crippen molar-refractivity contribution in [2.75, 3.05) is 5.32 Å². The first-order chi connectivity index (χ1) is 19.1. The molecule has 3 N–H and O–H groups in total. The molecule has 5 rings (SSSR count). The molecule has 0 aliphatic carbocycles. The number of amides is 2. The Labute approximate surface area is 236 Å². The maximum Gasteiger partial charge on any atom is 0.280 e. The molecule has 0 fully saturated rings. The second kappa shape index (κ2) is 11.0. The van der Waals surface area contributed by atoms with E-state index in [4.69, 9.17) is 22.1 Å². The molecular weight excluding hydrogens is 560 g/mol. The summed E-state index contributed by atoms with van der Waals surface area (Å²) >= 11 is 7.05. The van der Waals surface area contributed by atoms with Crippen LogP contribution in [0.2, 0.25) is 5.02 Å². The lowest BCUT2D eigenvalue weighted by Gasteiger charge is -2.11. The number of halogens is 3. The van der Waals surface area contributed by atoms with Crippen LogP contribution in [0, 0.1) is 13.8 Å². The lowest BCUT2D eigenvalue weighted by atomic mass is 10.0. The molecule has 0 spiro atoms. The van der Waals surface area contributed by atoms with Crippen LogP contribution in [0.5, 0.6) is 5.75 Å². The minimum Gasteiger partial charge on any atom is -0.471 e. The Morgan fingerprint density at radius 2 is 1.82 bits per heavy atom. The number of ether oxygens (including phenoxy) is 1. The average Bonchev–Trinajstić information content (AvgIpc) is 3.55. The van der Waals surface area contributed by atoms with Gasteiger partial charge in [0.05, 0.1) is 5.69 Å². The predicted octanol–water partition coefficient (Wildman–Crippen LogP) is 6.76. The molecule has 3 aromatic heterocycles. The fourth-order valence-corrected chi connectivity index (χ4v) is 5.35. The van der Waals surface area contributed by atoms with Gasteiger partial charge >= 0.3 is 0 Å². The molecule has 0 atom stereocenters. The Bertz CT molecular complexity index is 1730. The van der Waals surface area contributed by atoms with E-state index in [0.717, 1.165) is 22.5 Å². The number of nitrogens with zero attached hydrogens (tertiary/aromatic N) is 3. The molecule has 8 nitrogen and oxygen atoms in total. The molecule has 204 valence electrons. The van der Waals surface area contributed by atoms with Gasteiger partial charge in [-0.3, -0.25) is 9.59 Å². The van der Waals surface area contributed by atoms with Crippen LogP contribution < -0.4 is 15.8 Å². The maximum absolute atomic E-state index is 13.7. The zero-order valence-electron chi connectivity index (χ0n) is 21.2. The van der Waals surface area contributed by atoms with E-state index < -0.39 is 23.9 Å². The van der Waals surface area contributed by atoms with Crippen molar-refractivity contribution in [3.8, 4) is 16.9 Å². The molecule has 0 aliphatic rings. The molecule has 0 unspecified atom stereocenters. The van der Waals surface area contributed by atoms with Crippen molar-refractivity contribution in [1.82, 2.24) is 14.8 Å². The number of carbonyl (C=O) groups is 2. The Morgan fingerprint density at radius 3 is 2.48 bits per heavy atom. The SMILES string of the molecule is Cc1cc(OCn2ccc(C(=O)Nc3c(C(N)=O)sc4nc(C(F)F)cc(-c5ccccc5)c34)n2)cc(C)c1Cl. The first-order valence-electron chi connectivity index (χ1n) is 12.0. The number of rotatable bonds is 8. The summed E-state index contributed by atoms with van der Waals surface area (Å²) in [6, 6.07) is 15.1. The highest BCUT2D eigenvalue weighted by Crippen LogP contribution is 2.42. The molecule has 0 saturated carbocycles. The lowest BCUT2D eigenvalue weighted by Crippen LogP contribution is -2.18. The zero-order chi connectivity index (χ0) is 28.6. The number of benzene rings is 2. The Balaban J connectivity index is 1.47. The van der Waals surface area contributed by atoms with E-state index in [9.17, 15) is 18.4 Å². The third-order valence-electron chi connectivity index (χ3n) is 6.10. The van der Waals surface area contributed by atoms with Gasteiger partial charge in [0.1, 0.15) is 21.2 Å². The molecule has 2 aromatic carbocycles. The number of hydrogen-bond acceptors (Lipinski definition) is 6. The van der Waals surface area contributed by atoms with Gasteiger partial charge in [0.2, 0.25) is 0 Å². The standard InChI is InChI=1S/C28H22ClF2N5O3S/c1-14-10-17(11-15(2)22(14)29)39-13-36-9-8-19(35-36)27(38)34-23-21-18(16-6-4-3-5-7-16)12-20(25(30)31)33-28(21)40-24(23)26(32)37/h3-12,25H,13H2,1-2H3,(H2,32,37)(H,34,38). The van der Waals surface area contributed by atoms with Crippen LogP contribution in [0.3, 0.4) is 0 Å². The molecule has 0 saturated heterocycles. The number of nitrogens with two attached hydrogens (primary N) is 1. The van der Waals surface area contributed by atoms with Crippen molar-refractivity contribution in [3.05, 3.63) is 93.2 Å². The number of aryl methyl sites for hydroxylation is 2. The van der Waals surface area contributed by atoms with Gasteiger partial charge in [-0.1, -0.05) is 41.9 Å². The maximum atomic E-state index is 13.7. The Morgan fingerprint density at radius 1 is 1.12 bits per heavy atom.